The molecule has 1 heterocycles. The minimum atomic E-state index is -0.506. The zero-order valence-electron chi connectivity index (χ0n) is 12.5. The molecule has 0 spiro atoms. The van der Waals surface area contributed by atoms with Crippen LogP contribution in [0.15, 0.2) is 0 Å². The van der Waals surface area contributed by atoms with Crippen LogP contribution in [0.25, 0.3) is 0 Å². The standard InChI is InChI=1S/C13H25N3O3/c1-13(2,19-5)8-11(17)16-7-6-14-9-10(16)12(18)15(3)4/h10,14H,6-9H2,1-5H3. The molecule has 0 radical (unpaired) electrons. The second kappa shape index (κ2) is 6.34. The molecule has 0 aromatic heterocycles. The molecule has 19 heavy (non-hydrogen) atoms. The first-order valence-electron chi connectivity index (χ1n) is 6.55. The molecule has 1 fully saturated rings. The minimum Gasteiger partial charge on any atom is -0.378 e. The number of hydrogen-bond donors (Lipinski definition) is 1. The van der Waals surface area contributed by atoms with E-state index in [4.69, 9.17) is 4.74 Å². The normalized spacial score (nSPS) is 20.3. The predicted molar refractivity (Wildman–Crippen MR) is 72.8 cm³/mol. The van der Waals surface area contributed by atoms with Crippen LogP contribution < -0.4 is 5.32 Å². The maximum Gasteiger partial charge on any atom is 0.246 e. The van der Waals surface area contributed by atoms with Gasteiger partial charge >= 0.3 is 0 Å². The van der Waals surface area contributed by atoms with E-state index >= 15 is 0 Å². The third kappa shape index (κ3) is 4.18. The van der Waals surface area contributed by atoms with Crippen molar-refractivity contribution in [2.75, 3.05) is 40.8 Å². The van der Waals surface area contributed by atoms with Crippen molar-refractivity contribution in [1.82, 2.24) is 15.1 Å². The van der Waals surface area contributed by atoms with E-state index in [9.17, 15) is 9.59 Å². The van der Waals surface area contributed by atoms with Gasteiger partial charge in [-0.1, -0.05) is 0 Å². The molecule has 1 N–H and O–H groups in total. The Morgan fingerprint density at radius 2 is 2.05 bits per heavy atom. The van der Waals surface area contributed by atoms with Crippen LogP contribution in [0.3, 0.4) is 0 Å². The number of nitrogens with one attached hydrogen (secondary N) is 1. The van der Waals surface area contributed by atoms with E-state index in [1.54, 1.807) is 26.1 Å². The Morgan fingerprint density at radius 3 is 2.58 bits per heavy atom. The first kappa shape index (κ1) is 15.9. The molecule has 1 aliphatic rings. The Labute approximate surface area is 115 Å². The van der Waals surface area contributed by atoms with Crippen molar-refractivity contribution in [3.05, 3.63) is 0 Å². The number of amides is 2. The summed E-state index contributed by atoms with van der Waals surface area (Å²) >= 11 is 0. The van der Waals surface area contributed by atoms with Gasteiger partial charge in [-0.3, -0.25) is 9.59 Å². The molecule has 110 valence electrons. The highest BCUT2D eigenvalue weighted by atomic mass is 16.5. The molecule has 0 bridgehead atoms. The lowest BCUT2D eigenvalue weighted by atomic mass is 10.0. The Hall–Kier alpha value is -1.14. The third-order valence-corrected chi connectivity index (χ3v) is 3.42. The van der Waals surface area contributed by atoms with Crippen molar-refractivity contribution in [3.63, 3.8) is 0 Å². The van der Waals surface area contributed by atoms with Gasteiger partial charge in [-0.25, -0.2) is 0 Å². The molecule has 6 nitrogen and oxygen atoms in total. The largest absolute Gasteiger partial charge is 0.378 e. The number of nitrogens with zero attached hydrogens (tertiary/aromatic N) is 2. The number of ether oxygens (including phenoxy) is 1. The van der Waals surface area contributed by atoms with Crippen LogP contribution in [-0.2, 0) is 14.3 Å². The molecule has 6 heteroatoms. The molecule has 0 saturated carbocycles. The number of likely N-dealkylation sites (N-methyl/N-ethyl adjacent to an activating group) is 1. The summed E-state index contributed by atoms with van der Waals surface area (Å²) in [5, 5.41) is 3.16. The molecule has 1 aliphatic heterocycles. The number of piperazine rings is 1. The molecule has 0 aromatic rings. The second-order valence-electron chi connectivity index (χ2n) is 5.68. The van der Waals surface area contributed by atoms with Crippen LogP contribution in [0.4, 0.5) is 0 Å². The van der Waals surface area contributed by atoms with Gasteiger partial charge in [0, 0.05) is 40.8 Å². The summed E-state index contributed by atoms with van der Waals surface area (Å²) in [6.07, 6.45) is 0.278. The molecule has 0 aliphatic carbocycles. The van der Waals surface area contributed by atoms with Gasteiger partial charge in [0.1, 0.15) is 6.04 Å². The topological polar surface area (TPSA) is 61.9 Å². The highest BCUT2D eigenvalue weighted by molar-refractivity contribution is 5.88. The summed E-state index contributed by atoms with van der Waals surface area (Å²) in [7, 11) is 5.00. The number of hydrogen-bond acceptors (Lipinski definition) is 4. The molecule has 1 rings (SSSR count). The van der Waals surface area contributed by atoms with Crippen LogP contribution in [0.1, 0.15) is 20.3 Å². The number of rotatable bonds is 4. The average molecular weight is 271 g/mol. The number of methoxy groups -OCH3 is 1. The predicted octanol–water partition coefficient (Wildman–Crippen LogP) is -0.310. The van der Waals surface area contributed by atoms with Gasteiger partial charge in [0.25, 0.3) is 0 Å². The van der Waals surface area contributed by atoms with Crippen LogP contribution in [0.2, 0.25) is 0 Å². The lowest BCUT2D eigenvalue weighted by molar-refractivity contribution is -0.148. The monoisotopic (exact) mass is 271 g/mol. The average Bonchev–Trinajstić information content (AvgIpc) is 2.37. The van der Waals surface area contributed by atoms with Gasteiger partial charge < -0.3 is 19.9 Å². The van der Waals surface area contributed by atoms with E-state index in [0.717, 1.165) is 6.54 Å². The second-order valence-corrected chi connectivity index (χ2v) is 5.68. The molecular weight excluding hydrogens is 246 g/mol. The Bertz CT molecular complexity index is 342. The van der Waals surface area contributed by atoms with Crippen LogP contribution in [-0.4, -0.2) is 74.1 Å². The Balaban J connectivity index is 2.77. The first-order valence-corrected chi connectivity index (χ1v) is 6.55. The van der Waals surface area contributed by atoms with Gasteiger partial charge in [-0.15, -0.1) is 0 Å². The maximum atomic E-state index is 12.4. The molecule has 1 atom stereocenters. The summed E-state index contributed by atoms with van der Waals surface area (Å²) in [6.45, 7) is 5.53. The van der Waals surface area contributed by atoms with E-state index in [1.165, 1.54) is 4.90 Å². The maximum absolute atomic E-state index is 12.4. The third-order valence-electron chi connectivity index (χ3n) is 3.42. The smallest absolute Gasteiger partial charge is 0.246 e. The van der Waals surface area contributed by atoms with Gasteiger partial charge in [0.2, 0.25) is 11.8 Å². The van der Waals surface area contributed by atoms with Crippen LogP contribution in [0.5, 0.6) is 0 Å². The van der Waals surface area contributed by atoms with E-state index in [2.05, 4.69) is 5.32 Å². The Morgan fingerprint density at radius 1 is 1.42 bits per heavy atom. The fraction of sp³-hybridized carbons (Fsp3) is 0.846. The molecule has 1 unspecified atom stereocenters. The lowest BCUT2D eigenvalue weighted by Gasteiger charge is -2.38. The molecule has 2 amide bonds. The van der Waals surface area contributed by atoms with Gasteiger partial charge in [0.15, 0.2) is 0 Å². The van der Waals surface area contributed by atoms with Crippen molar-refractivity contribution in [1.29, 1.82) is 0 Å². The highest BCUT2D eigenvalue weighted by Gasteiger charge is 2.35. The van der Waals surface area contributed by atoms with Crippen molar-refractivity contribution in [2.24, 2.45) is 0 Å². The van der Waals surface area contributed by atoms with Gasteiger partial charge in [-0.05, 0) is 13.8 Å². The quantitative estimate of drug-likeness (QED) is 0.762. The lowest BCUT2D eigenvalue weighted by Crippen LogP contribution is -2.60. The van der Waals surface area contributed by atoms with E-state index in [0.29, 0.717) is 13.1 Å². The highest BCUT2D eigenvalue weighted by Crippen LogP contribution is 2.17. The molecule has 1 saturated heterocycles. The number of carbonyl (C=O) groups is 2. The van der Waals surface area contributed by atoms with Crippen molar-refractivity contribution >= 4 is 11.8 Å². The van der Waals surface area contributed by atoms with Crippen molar-refractivity contribution in [2.45, 2.75) is 31.9 Å². The van der Waals surface area contributed by atoms with Crippen molar-refractivity contribution < 1.29 is 14.3 Å². The molecular formula is C13H25N3O3. The van der Waals surface area contributed by atoms with E-state index < -0.39 is 11.6 Å². The zero-order valence-corrected chi connectivity index (χ0v) is 12.5. The number of carbonyl (C=O) groups excluding carboxylic acids is 2. The summed E-state index contributed by atoms with van der Waals surface area (Å²) in [4.78, 5) is 27.7. The summed E-state index contributed by atoms with van der Waals surface area (Å²) < 4.78 is 5.28. The summed E-state index contributed by atoms with van der Waals surface area (Å²) in [5.41, 5.74) is -0.506. The zero-order chi connectivity index (χ0) is 14.6. The fourth-order valence-corrected chi connectivity index (χ4v) is 2.06. The SMILES string of the molecule is COC(C)(C)CC(=O)N1CCNCC1C(=O)N(C)C. The first-order chi connectivity index (χ1) is 8.78. The Kier molecular flexibility index (Phi) is 5.31. The van der Waals surface area contributed by atoms with Crippen LogP contribution >= 0.6 is 0 Å². The van der Waals surface area contributed by atoms with E-state index in [1.807, 2.05) is 13.8 Å². The molecule has 0 aromatic carbocycles. The van der Waals surface area contributed by atoms with E-state index in [-0.39, 0.29) is 18.2 Å². The summed E-state index contributed by atoms with van der Waals surface area (Å²) in [5.74, 6) is -0.0793. The van der Waals surface area contributed by atoms with Crippen molar-refractivity contribution in [3.8, 4) is 0 Å². The minimum absolute atomic E-state index is 0.0337. The fourth-order valence-electron chi connectivity index (χ4n) is 2.06. The van der Waals surface area contributed by atoms with Gasteiger partial charge in [-0.2, -0.15) is 0 Å². The van der Waals surface area contributed by atoms with Gasteiger partial charge in [0.05, 0.1) is 12.0 Å². The summed E-state index contributed by atoms with van der Waals surface area (Å²) in [6, 6.07) is -0.413. The van der Waals surface area contributed by atoms with Crippen LogP contribution in [0, 0.1) is 0 Å².